The topological polar surface area (TPSA) is 84.6 Å². The highest BCUT2D eigenvalue weighted by Gasteiger charge is 2.21. The van der Waals surface area contributed by atoms with E-state index >= 15 is 0 Å². The number of hydrogen-bond donors (Lipinski definition) is 1. The zero-order valence-electron chi connectivity index (χ0n) is 13.8. The van der Waals surface area contributed by atoms with Crippen LogP contribution in [0.3, 0.4) is 0 Å². The van der Waals surface area contributed by atoms with Gasteiger partial charge in [0.25, 0.3) is 0 Å². The van der Waals surface area contributed by atoms with Crippen LogP contribution in [0.2, 0.25) is 0 Å². The van der Waals surface area contributed by atoms with Gasteiger partial charge in [0, 0.05) is 32.7 Å². The fraction of sp³-hybridized carbons (Fsp3) is 0.438. The first kappa shape index (κ1) is 18.0. The number of nitrogens with two attached hydrogens (primary N) is 1. The van der Waals surface area contributed by atoms with E-state index in [2.05, 4.69) is 15.1 Å². The predicted molar refractivity (Wildman–Crippen MR) is 100 cm³/mol. The monoisotopic (exact) mass is 379 g/mol. The van der Waals surface area contributed by atoms with E-state index in [9.17, 15) is 4.79 Å². The van der Waals surface area contributed by atoms with E-state index in [1.54, 1.807) is 0 Å². The quantitative estimate of drug-likeness (QED) is 0.729. The third-order valence-electron chi connectivity index (χ3n) is 3.89. The summed E-state index contributed by atoms with van der Waals surface area (Å²) in [6.07, 6.45) is 0. The van der Waals surface area contributed by atoms with Crippen LogP contribution in [0.4, 0.5) is 5.13 Å². The maximum Gasteiger partial charge on any atom is 0.233 e. The molecule has 0 spiro atoms. The molecule has 3 rings (SSSR count). The van der Waals surface area contributed by atoms with Crippen molar-refractivity contribution in [3.05, 3.63) is 30.3 Å². The molecule has 2 aromatic rings. The van der Waals surface area contributed by atoms with E-state index in [0.717, 1.165) is 42.8 Å². The van der Waals surface area contributed by atoms with Gasteiger partial charge in [-0.25, -0.2) is 0 Å². The molecule has 1 fully saturated rings. The van der Waals surface area contributed by atoms with E-state index in [4.69, 9.17) is 10.5 Å². The van der Waals surface area contributed by atoms with Crippen LogP contribution in [-0.4, -0.2) is 71.0 Å². The Bertz CT molecular complexity index is 674. The van der Waals surface area contributed by atoms with Crippen LogP contribution in [0.25, 0.3) is 0 Å². The number of aromatic nitrogens is 2. The van der Waals surface area contributed by atoms with Gasteiger partial charge in [-0.1, -0.05) is 41.3 Å². The second-order valence-electron chi connectivity index (χ2n) is 5.58. The molecule has 1 aliphatic heterocycles. The number of amides is 1. The van der Waals surface area contributed by atoms with Gasteiger partial charge in [0.05, 0.1) is 5.75 Å². The minimum absolute atomic E-state index is 0.138. The van der Waals surface area contributed by atoms with Crippen molar-refractivity contribution in [1.29, 1.82) is 0 Å². The van der Waals surface area contributed by atoms with Crippen LogP contribution in [-0.2, 0) is 4.79 Å². The van der Waals surface area contributed by atoms with E-state index in [1.165, 1.54) is 23.1 Å². The van der Waals surface area contributed by atoms with Crippen LogP contribution >= 0.6 is 23.1 Å². The van der Waals surface area contributed by atoms with E-state index in [-0.39, 0.29) is 5.91 Å². The van der Waals surface area contributed by atoms with E-state index in [1.807, 2.05) is 35.2 Å². The molecule has 1 saturated heterocycles. The summed E-state index contributed by atoms with van der Waals surface area (Å²) in [6, 6.07) is 9.82. The molecule has 1 amide bonds. The highest BCUT2D eigenvalue weighted by Crippen LogP contribution is 2.23. The molecule has 0 radical (unpaired) electrons. The summed E-state index contributed by atoms with van der Waals surface area (Å²) in [6.45, 7) is 4.79. The predicted octanol–water partition coefficient (Wildman–Crippen LogP) is 1.44. The highest BCUT2D eigenvalue weighted by atomic mass is 32.2. The molecule has 134 valence electrons. The van der Waals surface area contributed by atoms with Crippen LogP contribution < -0.4 is 10.5 Å². The molecule has 1 aliphatic rings. The molecule has 0 saturated carbocycles. The number of nitrogens with zero attached hydrogens (tertiary/aromatic N) is 4. The lowest BCUT2D eigenvalue weighted by Crippen LogP contribution is -2.50. The number of carbonyl (C=O) groups is 1. The summed E-state index contributed by atoms with van der Waals surface area (Å²) in [5.74, 6) is 1.41. The number of anilines is 1. The lowest BCUT2D eigenvalue weighted by atomic mass is 10.3. The molecule has 0 bridgehead atoms. The van der Waals surface area contributed by atoms with Gasteiger partial charge in [0.15, 0.2) is 4.34 Å². The molecule has 25 heavy (non-hydrogen) atoms. The fourth-order valence-corrected chi connectivity index (χ4v) is 4.06. The largest absolute Gasteiger partial charge is 0.492 e. The number of hydrogen-bond acceptors (Lipinski definition) is 8. The van der Waals surface area contributed by atoms with Gasteiger partial charge in [-0.2, -0.15) is 0 Å². The average molecular weight is 380 g/mol. The fourth-order valence-electron chi connectivity index (χ4n) is 2.52. The highest BCUT2D eigenvalue weighted by molar-refractivity contribution is 8.01. The Morgan fingerprint density at radius 2 is 1.96 bits per heavy atom. The summed E-state index contributed by atoms with van der Waals surface area (Å²) < 4.78 is 6.46. The van der Waals surface area contributed by atoms with E-state index in [0.29, 0.717) is 17.5 Å². The van der Waals surface area contributed by atoms with Crippen LogP contribution in [0, 0.1) is 0 Å². The van der Waals surface area contributed by atoms with Gasteiger partial charge in [0.1, 0.15) is 12.4 Å². The number of carbonyl (C=O) groups excluding carboxylic acids is 1. The Morgan fingerprint density at radius 3 is 2.64 bits per heavy atom. The summed E-state index contributed by atoms with van der Waals surface area (Å²) in [7, 11) is 0. The first-order chi connectivity index (χ1) is 12.2. The third-order valence-corrected chi connectivity index (χ3v) is 5.76. The summed E-state index contributed by atoms with van der Waals surface area (Å²) in [5, 5.41) is 8.10. The molecule has 0 atom stereocenters. The molecule has 1 aromatic carbocycles. The molecule has 2 heterocycles. The number of nitrogen functional groups attached to an aromatic ring is 1. The first-order valence-corrected chi connectivity index (χ1v) is 9.90. The summed E-state index contributed by atoms with van der Waals surface area (Å²) in [4.78, 5) is 16.5. The van der Waals surface area contributed by atoms with E-state index < -0.39 is 0 Å². The number of thioether (sulfide) groups is 1. The zero-order valence-corrected chi connectivity index (χ0v) is 15.5. The second kappa shape index (κ2) is 9.02. The Labute approximate surface area is 155 Å². The van der Waals surface area contributed by atoms with Crippen molar-refractivity contribution in [3.63, 3.8) is 0 Å². The molecule has 0 aliphatic carbocycles. The van der Waals surface area contributed by atoms with Crippen LogP contribution in [0.5, 0.6) is 5.75 Å². The minimum atomic E-state index is 0.138. The summed E-state index contributed by atoms with van der Waals surface area (Å²) in [5.41, 5.74) is 5.54. The lowest BCUT2D eigenvalue weighted by Gasteiger charge is -2.34. The van der Waals surface area contributed by atoms with Gasteiger partial charge in [-0.3, -0.25) is 9.69 Å². The van der Waals surface area contributed by atoms with Crippen LogP contribution in [0.15, 0.2) is 34.7 Å². The van der Waals surface area contributed by atoms with Crippen molar-refractivity contribution in [1.82, 2.24) is 20.0 Å². The average Bonchev–Trinajstić information content (AvgIpc) is 3.06. The lowest BCUT2D eigenvalue weighted by molar-refractivity contribution is -0.130. The van der Waals surface area contributed by atoms with Gasteiger partial charge >= 0.3 is 0 Å². The van der Waals surface area contributed by atoms with Crippen molar-refractivity contribution < 1.29 is 9.53 Å². The maximum absolute atomic E-state index is 12.3. The van der Waals surface area contributed by atoms with Crippen molar-refractivity contribution in [3.8, 4) is 5.75 Å². The zero-order chi connectivity index (χ0) is 17.5. The molecule has 7 nitrogen and oxygen atoms in total. The Morgan fingerprint density at radius 1 is 1.20 bits per heavy atom. The van der Waals surface area contributed by atoms with Gasteiger partial charge < -0.3 is 15.4 Å². The van der Waals surface area contributed by atoms with Crippen molar-refractivity contribution in [2.45, 2.75) is 4.34 Å². The van der Waals surface area contributed by atoms with Crippen molar-refractivity contribution in [2.24, 2.45) is 0 Å². The Kier molecular flexibility index (Phi) is 6.48. The Balaban J connectivity index is 1.33. The van der Waals surface area contributed by atoms with Crippen molar-refractivity contribution in [2.75, 3.05) is 50.8 Å². The number of para-hydroxylation sites is 1. The van der Waals surface area contributed by atoms with Gasteiger partial charge in [0.2, 0.25) is 11.0 Å². The molecule has 2 N–H and O–H groups in total. The number of ether oxygens (including phenoxy) is 1. The molecule has 1 aromatic heterocycles. The SMILES string of the molecule is Nc1nnc(SCC(=O)N2CCN(CCOc3ccccc3)CC2)s1. The standard InChI is InChI=1S/C16H21N5O2S2/c17-15-18-19-16(25-15)24-12-14(22)21-8-6-20(7-9-21)10-11-23-13-4-2-1-3-5-13/h1-5H,6-12H2,(H2,17,18). The molecular weight excluding hydrogens is 358 g/mol. The summed E-state index contributed by atoms with van der Waals surface area (Å²) >= 11 is 2.71. The van der Waals surface area contributed by atoms with Crippen molar-refractivity contribution >= 4 is 34.1 Å². The maximum atomic E-state index is 12.3. The second-order valence-corrected chi connectivity index (χ2v) is 7.81. The third kappa shape index (κ3) is 5.58. The van der Waals surface area contributed by atoms with Gasteiger partial charge in [-0.05, 0) is 12.1 Å². The van der Waals surface area contributed by atoms with Gasteiger partial charge in [-0.15, -0.1) is 10.2 Å². The normalized spacial score (nSPS) is 15.3. The molecule has 9 heteroatoms. The number of rotatable bonds is 7. The minimum Gasteiger partial charge on any atom is -0.492 e. The molecular formula is C16H21N5O2S2. The Hall–Kier alpha value is -1.84. The van der Waals surface area contributed by atoms with Crippen LogP contribution in [0.1, 0.15) is 0 Å². The number of piperazine rings is 1. The number of benzene rings is 1. The smallest absolute Gasteiger partial charge is 0.233 e. The first-order valence-electron chi connectivity index (χ1n) is 8.10. The molecule has 0 unspecified atom stereocenters.